The molecule has 2 rings (SSSR count). The van der Waals surface area contributed by atoms with Gasteiger partial charge in [0.25, 0.3) is 0 Å². The summed E-state index contributed by atoms with van der Waals surface area (Å²) in [4.78, 5) is 26.0. The number of hydrogen-bond acceptors (Lipinski definition) is 3. The Morgan fingerprint density at radius 3 is 2.54 bits per heavy atom. The van der Waals surface area contributed by atoms with Crippen LogP contribution in [0.15, 0.2) is 18.2 Å². The third kappa shape index (κ3) is 6.71. The van der Waals surface area contributed by atoms with Crippen LogP contribution in [-0.2, 0) is 9.59 Å². The van der Waals surface area contributed by atoms with Gasteiger partial charge >= 0.3 is 0 Å². The maximum Gasteiger partial charge on any atom is 0.222 e. The Morgan fingerprint density at radius 1 is 1.18 bits per heavy atom. The van der Waals surface area contributed by atoms with Crippen molar-refractivity contribution in [3.63, 3.8) is 0 Å². The van der Waals surface area contributed by atoms with Gasteiger partial charge in [0.15, 0.2) is 11.6 Å². The first-order valence-corrected chi connectivity index (χ1v) is 9.69. The fourth-order valence-electron chi connectivity index (χ4n) is 3.57. The quantitative estimate of drug-likeness (QED) is 0.683. The van der Waals surface area contributed by atoms with E-state index in [1.807, 2.05) is 13.8 Å². The van der Waals surface area contributed by atoms with Crippen molar-refractivity contribution in [1.82, 2.24) is 15.5 Å². The number of amides is 2. The van der Waals surface area contributed by atoms with Gasteiger partial charge < -0.3 is 15.5 Å². The van der Waals surface area contributed by atoms with Crippen LogP contribution in [-0.4, -0.2) is 48.9 Å². The maximum absolute atomic E-state index is 13.6. The Kier molecular flexibility index (Phi) is 10.4. The van der Waals surface area contributed by atoms with Gasteiger partial charge in [-0.1, -0.05) is 6.07 Å². The fraction of sp³-hybridized carbons (Fsp3) is 0.600. The molecule has 0 spiro atoms. The van der Waals surface area contributed by atoms with Crippen molar-refractivity contribution in [2.75, 3.05) is 26.2 Å². The van der Waals surface area contributed by atoms with Gasteiger partial charge in [-0.05, 0) is 50.9 Å². The third-order valence-corrected chi connectivity index (χ3v) is 5.11. The van der Waals surface area contributed by atoms with Gasteiger partial charge in [-0.3, -0.25) is 9.59 Å². The van der Waals surface area contributed by atoms with Gasteiger partial charge in [-0.2, -0.15) is 0 Å². The molecule has 1 heterocycles. The summed E-state index contributed by atoms with van der Waals surface area (Å²) in [5.74, 6) is -1.87. The number of nitrogens with one attached hydrogen (secondary N) is 2. The van der Waals surface area contributed by atoms with E-state index < -0.39 is 11.6 Å². The first kappa shape index (κ1) is 24.3. The van der Waals surface area contributed by atoms with E-state index in [0.29, 0.717) is 38.0 Å². The minimum atomic E-state index is -0.869. The second kappa shape index (κ2) is 12.0. The fourth-order valence-corrected chi connectivity index (χ4v) is 3.57. The molecule has 1 fully saturated rings. The van der Waals surface area contributed by atoms with Crippen LogP contribution < -0.4 is 10.6 Å². The lowest BCUT2D eigenvalue weighted by molar-refractivity contribution is -0.131. The molecule has 2 unspecified atom stereocenters. The first-order chi connectivity index (χ1) is 13.0. The highest BCUT2D eigenvalue weighted by molar-refractivity contribution is 5.85. The lowest BCUT2D eigenvalue weighted by Crippen LogP contribution is -2.50. The smallest absolute Gasteiger partial charge is 0.222 e. The van der Waals surface area contributed by atoms with E-state index in [1.54, 1.807) is 11.0 Å². The lowest BCUT2D eigenvalue weighted by Gasteiger charge is -2.33. The number of hydrogen-bond donors (Lipinski definition) is 2. The Bertz CT molecular complexity index is 656. The van der Waals surface area contributed by atoms with E-state index >= 15 is 0 Å². The molecule has 1 aliphatic heterocycles. The molecule has 1 aromatic carbocycles. The molecule has 1 aliphatic rings. The van der Waals surface area contributed by atoms with Crippen molar-refractivity contribution in [3.8, 4) is 0 Å². The van der Waals surface area contributed by atoms with E-state index in [-0.39, 0.29) is 42.6 Å². The van der Waals surface area contributed by atoms with Crippen LogP contribution >= 0.6 is 12.4 Å². The molecule has 0 radical (unpaired) electrons. The molecule has 2 atom stereocenters. The monoisotopic (exact) mass is 417 g/mol. The summed E-state index contributed by atoms with van der Waals surface area (Å²) in [6, 6.07) is 3.74. The van der Waals surface area contributed by atoms with Crippen LogP contribution in [0.2, 0.25) is 0 Å². The van der Waals surface area contributed by atoms with E-state index in [2.05, 4.69) is 10.6 Å². The molecule has 0 saturated carbocycles. The van der Waals surface area contributed by atoms with Crippen molar-refractivity contribution >= 4 is 24.2 Å². The summed E-state index contributed by atoms with van der Waals surface area (Å²) >= 11 is 0. The van der Waals surface area contributed by atoms with Gasteiger partial charge in [0.1, 0.15) is 0 Å². The molecule has 28 heavy (non-hydrogen) atoms. The number of halogens is 3. The predicted molar refractivity (Wildman–Crippen MR) is 108 cm³/mol. The molecule has 2 N–H and O–H groups in total. The van der Waals surface area contributed by atoms with Crippen LogP contribution in [0.3, 0.4) is 0 Å². The van der Waals surface area contributed by atoms with E-state index in [4.69, 9.17) is 0 Å². The van der Waals surface area contributed by atoms with E-state index in [9.17, 15) is 18.4 Å². The van der Waals surface area contributed by atoms with Crippen molar-refractivity contribution in [3.05, 3.63) is 35.4 Å². The number of rotatable bonds is 8. The molecule has 0 bridgehead atoms. The van der Waals surface area contributed by atoms with Gasteiger partial charge in [-0.15, -0.1) is 12.4 Å². The van der Waals surface area contributed by atoms with Crippen LogP contribution in [0, 0.1) is 11.6 Å². The number of benzene rings is 1. The van der Waals surface area contributed by atoms with Crippen molar-refractivity contribution < 1.29 is 18.4 Å². The number of piperidine rings is 1. The molecule has 5 nitrogen and oxygen atoms in total. The summed E-state index contributed by atoms with van der Waals surface area (Å²) in [6.45, 7) is 6.55. The summed E-state index contributed by atoms with van der Waals surface area (Å²) < 4.78 is 26.8. The van der Waals surface area contributed by atoms with E-state index in [0.717, 1.165) is 19.0 Å². The zero-order chi connectivity index (χ0) is 19.8. The van der Waals surface area contributed by atoms with Gasteiger partial charge in [0, 0.05) is 44.4 Å². The second-order valence-electron chi connectivity index (χ2n) is 6.87. The number of carbonyl (C=O) groups excluding carboxylic acids is 2. The molecule has 2 amide bonds. The van der Waals surface area contributed by atoms with Crippen LogP contribution in [0.4, 0.5) is 8.78 Å². The summed E-state index contributed by atoms with van der Waals surface area (Å²) in [7, 11) is 0. The number of nitrogens with zero attached hydrogens (tertiary/aromatic N) is 1. The van der Waals surface area contributed by atoms with E-state index in [1.165, 1.54) is 6.07 Å². The molecule has 0 aliphatic carbocycles. The maximum atomic E-state index is 13.6. The zero-order valence-electron chi connectivity index (χ0n) is 16.5. The highest BCUT2D eigenvalue weighted by Gasteiger charge is 2.28. The normalized spacial score (nSPS) is 18.9. The average Bonchev–Trinajstić information content (AvgIpc) is 2.65. The molecule has 1 aromatic rings. The Labute approximate surface area is 171 Å². The average molecular weight is 418 g/mol. The van der Waals surface area contributed by atoms with Gasteiger partial charge in [-0.25, -0.2) is 8.78 Å². The largest absolute Gasteiger partial charge is 0.351 e. The third-order valence-electron chi connectivity index (χ3n) is 5.11. The van der Waals surface area contributed by atoms with Gasteiger partial charge in [0.05, 0.1) is 0 Å². The minimum absolute atomic E-state index is 0. The van der Waals surface area contributed by atoms with Crippen LogP contribution in [0.1, 0.15) is 51.0 Å². The standard InChI is InChI=1S/C20H29F2N3O2.ClH/c1-3-25(4-2)20(27)7-5-6-19(26)24-18-13-23-11-10-15(18)14-8-9-16(21)17(22)12-14;/h8-9,12,15,18,23H,3-7,10-11,13H2,1-2H3,(H,24,26);1H. The molecule has 0 aromatic heterocycles. The SMILES string of the molecule is CCN(CC)C(=O)CCCC(=O)NC1CNCCC1c1ccc(F)c(F)c1.Cl. The zero-order valence-corrected chi connectivity index (χ0v) is 17.3. The summed E-state index contributed by atoms with van der Waals surface area (Å²) in [5, 5.41) is 6.22. The minimum Gasteiger partial charge on any atom is -0.351 e. The lowest BCUT2D eigenvalue weighted by atomic mass is 9.86. The molecule has 158 valence electrons. The summed E-state index contributed by atoms with van der Waals surface area (Å²) in [6.07, 6.45) is 1.85. The highest BCUT2D eigenvalue weighted by atomic mass is 35.5. The topological polar surface area (TPSA) is 61.4 Å². The Hall–Kier alpha value is -1.73. The van der Waals surface area contributed by atoms with Crippen molar-refractivity contribution in [2.24, 2.45) is 0 Å². The Morgan fingerprint density at radius 2 is 1.89 bits per heavy atom. The van der Waals surface area contributed by atoms with Crippen LogP contribution in [0.5, 0.6) is 0 Å². The predicted octanol–water partition coefficient (Wildman–Crippen LogP) is 2.99. The van der Waals surface area contributed by atoms with Crippen molar-refractivity contribution in [1.29, 1.82) is 0 Å². The first-order valence-electron chi connectivity index (χ1n) is 9.69. The molecular weight excluding hydrogens is 388 g/mol. The van der Waals surface area contributed by atoms with Gasteiger partial charge in [0.2, 0.25) is 11.8 Å². The number of carbonyl (C=O) groups is 2. The van der Waals surface area contributed by atoms with Crippen LogP contribution in [0.25, 0.3) is 0 Å². The molecular formula is C20H30ClF2N3O2. The molecule has 1 saturated heterocycles. The Balaban J connectivity index is 0.00000392. The van der Waals surface area contributed by atoms with Crippen molar-refractivity contribution in [2.45, 2.75) is 51.5 Å². The highest BCUT2D eigenvalue weighted by Crippen LogP contribution is 2.27. The molecule has 8 heteroatoms. The second-order valence-corrected chi connectivity index (χ2v) is 6.87. The summed E-state index contributed by atoms with van der Waals surface area (Å²) in [5.41, 5.74) is 0.692.